The maximum absolute atomic E-state index is 12.3. The monoisotopic (exact) mass is 448 g/mol. The molecule has 1 aliphatic rings. The largest absolute Gasteiger partial charge is 0.368 e. The van der Waals surface area contributed by atoms with Crippen molar-refractivity contribution in [3.05, 3.63) is 59.1 Å². The van der Waals surface area contributed by atoms with E-state index in [1.54, 1.807) is 25.1 Å². The maximum Gasteiger partial charge on any atom is 0.252 e. The number of benzene rings is 2. The summed E-state index contributed by atoms with van der Waals surface area (Å²) in [6.45, 7) is 5.60. The molecule has 0 spiro atoms. The van der Waals surface area contributed by atoms with Crippen molar-refractivity contribution in [2.45, 2.75) is 13.0 Å². The van der Waals surface area contributed by atoms with Crippen molar-refractivity contribution >= 4 is 23.2 Å². The predicted molar refractivity (Wildman–Crippen MR) is 127 cm³/mol. The minimum Gasteiger partial charge on any atom is -0.368 e. The van der Waals surface area contributed by atoms with Gasteiger partial charge in [0.1, 0.15) is 6.04 Å². The normalized spacial score (nSPS) is 15.2. The molecule has 0 aliphatic carbocycles. The lowest BCUT2D eigenvalue weighted by atomic mass is 10.1. The molecule has 1 aromatic heterocycles. The Morgan fingerprint density at radius 2 is 1.94 bits per heavy atom. The number of piperazine rings is 1. The molecule has 1 fully saturated rings. The van der Waals surface area contributed by atoms with Crippen LogP contribution in [0.15, 0.2) is 48.5 Å². The van der Waals surface area contributed by atoms with Crippen LogP contribution in [0, 0.1) is 11.3 Å². The lowest BCUT2D eigenvalue weighted by Gasteiger charge is -2.34. The summed E-state index contributed by atoms with van der Waals surface area (Å²) in [5.74, 6) is -0.289. The van der Waals surface area contributed by atoms with E-state index in [4.69, 9.17) is 16.9 Å². The van der Waals surface area contributed by atoms with Gasteiger partial charge in [-0.2, -0.15) is 10.4 Å². The van der Waals surface area contributed by atoms with Gasteiger partial charge in [-0.15, -0.1) is 0 Å². The average Bonchev–Trinajstić information content (AvgIpc) is 3.30. The number of carbonyl (C=O) groups excluding carboxylic acids is 1. The summed E-state index contributed by atoms with van der Waals surface area (Å²) < 4.78 is 0. The number of nitrogens with zero attached hydrogens (tertiary/aromatic N) is 4. The Bertz CT molecular complexity index is 1160. The van der Waals surface area contributed by atoms with E-state index in [-0.39, 0.29) is 5.91 Å². The molecule has 0 saturated carbocycles. The van der Waals surface area contributed by atoms with Crippen LogP contribution in [-0.2, 0) is 0 Å². The van der Waals surface area contributed by atoms with E-state index in [2.05, 4.69) is 38.4 Å². The summed E-state index contributed by atoms with van der Waals surface area (Å²) in [4.78, 5) is 17.0. The second-order valence-corrected chi connectivity index (χ2v) is 8.44. The van der Waals surface area contributed by atoms with Gasteiger partial charge in [0.2, 0.25) is 0 Å². The van der Waals surface area contributed by atoms with E-state index in [1.807, 2.05) is 30.3 Å². The lowest BCUT2D eigenvalue weighted by Crippen LogP contribution is -2.44. The topological polar surface area (TPSA) is 88.0 Å². The number of rotatable bonds is 5. The van der Waals surface area contributed by atoms with E-state index >= 15 is 0 Å². The molecule has 1 aliphatic heterocycles. The molecule has 32 heavy (non-hydrogen) atoms. The van der Waals surface area contributed by atoms with Gasteiger partial charge in [0.15, 0.2) is 0 Å². The van der Waals surface area contributed by atoms with Crippen molar-refractivity contribution < 1.29 is 4.79 Å². The van der Waals surface area contributed by atoms with Gasteiger partial charge in [-0.25, -0.2) is 0 Å². The van der Waals surface area contributed by atoms with E-state index in [9.17, 15) is 4.79 Å². The summed E-state index contributed by atoms with van der Waals surface area (Å²) in [6, 6.07) is 16.6. The maximum atomic E-state index is 12.3. The highest BCUT2D eigenvalue weighted by molar-refractivity contribution is 6.33. The number of nitrogens with one attached hydrogen (secondary N) is 2. The van der Waals surface area contributed by atoms with E-state index in [0.29, 0.717) is 10.6 Å². The first-order valence-electron chi connectivity index (χ1n) is 10.5. The number of nitriles is 1. The average molecular weight is 449 g/mol. The fourth-order valence-corrected chi connectivity index (χ4v) is 4.03. The van der Waals surface area contributed by atoms with Crippen LogP contribution in [-0.4, -0.2) is 60.3 Å². The summed E-state index contributed by atoms with van der Waals surface area (Å²) in [6.07, 6.45) is 0. The summed E-state index contributed by atoms with van der Waals surface area (Å²) >= 11 is 6.62. The van der Waals surface area contributed by atoms with Crippen LogP contribution in [0.3, 0.4) is 0 Å². The first kappa shape index (κ1) is 21.9. The van der Waals surface area contributed by atoms with Gasteiger partial charge < -0.3 is 15.1 Å². The molecule has 4 rings (SSSR count). The molecule has 8 heteroatoms. The zero-order valence-electron chi connectivity index (χ0n) is 18.1. The molecule has 2 aromatic carbocycles. The molecular weight excluding hydrogens is 424 g/mol. The van der Waals surface area contributed by atoms with Gasteiger partial charge in [0, 0.05) is 42.9 Å². The number of H-pyrrole nitrogens is 1. The predicted octanol–water partition coefficient (Wildman–Crippen LogP) is 3.79. The van der Waals surface area contributed by atoms with Crippen LogP contribution in [0.4, 0.5) is 5.69 Å². The molecule has 7 nitrogen and oxygen atoms in total. The van der Waals surface area contributed by atoms with Gasteiger partial charge in [-0.05, 0) is 44.3 Å². The number of likely N-dealkylation sites (N-methyl/N-ethyl adjacent to an activating group) is 1. The van der Waals surface area contributed by atoms with Crippen molar-refractivity contribution in [1.29, 1.82) is 5.26 Å². The zero-order chi connectivity index (χ0) is 22.7. The standard InChI is InChI=1S/C24H25ClN6O/c1-16(15-26)27-24(32)19-5-3-4-17(12-19)21-14-22(29-28-21)18-6-7-23(20(25)13-18)31-10-8-30(2)9-11-31/h3-7,12-14,16H,8-11H2,1-2H3,(H,27,32)(H,28,29). The highest BCUT2D eigenvalue weighted by atomic mass is 35.5. The number of amides is 1. The number of hydrogen-bond donors (Lipinski definition) is 2. The Hall–Kier alpha value is -3.34. The number of aromatic amines is 1. The minimum atomic E-state index is -0.554. The highest BCUT2D eigenvalue weighted by Crippen LogP contribution is 2.32. The van der Waals surface area contributed by atoms with E-state index in [0.717, 1.165) is 54.4 Å². The second kappa shape index (κ2) is 9.43. The van der Waals surface area contributed by atoms with E-state index in [1.165, 1.54) is 0 Å². The Kier molecular flexibility index (Phi) is 6.45. The number of halogens is 1. The van der Waals surface area contributed by atoms with Crippen molar-refractivity contribution in [2.75, 3.05) is 38.1 Å². The molecule has 3 aromatic rings. The highest BCUT2D eigenvalue weighted by Gasteiger charge is 2.17. The molecule has 0 radical (unpaired) electrons. The fraction of sp³-hybridized carbons (Fsp3) is 0.292. The van der Waals surface area contributed by atoms with Crippen molar-refractivity contribution in [3.8, 4) is 28.6 Å². The van der Waals surface area contributed by atoms with Gasteiger partial charge in [0.25, 0.3) is 5.91 Å². The summed E-state index contributed by atoms with van der Waals surface area (Å²) in [5.41, 5.74) is 4.86. The Morgan fingerprint density at radius 1 is 1.16 bits per heavy atom. The molecule has 164 valence electrons. The Labute approximate surface area is 192 Å². The van der Waals surface area contributed by atoms with Crippen molar-refractivity contribution in [2.24, 2.45) is 0 Å². The molecule has 2 heterocycles. The van der Waals surface area contributed by atoms with Crippen molar-refractivity contribution in [3.63, 3.8) is 0 Å². The fourth-order valence-electron chi connectivity index (χ4n) is 3.73. The van der Waals surface area contributed by atoms with Crippen LogP contribution < -0.4 is 10.2 Å². The third-order valence-electron chi connectivity index (χ3n) is 5.64. The van der Waals surface area contributed by atoms with Crippen LogP contribution in [0.2, 0.25) is 5.02 Å². The number of carbonyl (C=O) groups is 1. The van der Waals surface area contributed by atoms with Crippen LogP contribution in [0.5, 0.6) is 0 Å². The van der Waals surface area contributed by atoms with Gasteiger partial charge in [-0.1, -0.05) is 29.8 Å². The quantitative estimate of drug-likeness (QED) is 0.620. The molecule has 1 unspecified atom stereocenters. The van der Waals surface area contributed by atoms with Crippen molar-refractivity contribution in [1.82, 2.24) is 20.4 Å². The van der Waals surface area contributed by atoms with Gasteiger partial charge >= 0.3 is 0 Å². The molecule has 1 atom stereocenters. The molecular formula is C24H25ClN6O. The smallest absolute Gasteiger partial charge is 0.252 e. The molecule has 0 bridgehead atoms. The third-order valence-corrected chi connectivity index (χ3v) is 5.95. The first-order chi connectivity index (χ1) is 15.4. The summed E-state index contributed by atoms with van der Waals surface area (Å²) in [5, 5.41) is 19.8. The molecule has 1 amide bonds. The van der Waals surface area contributed by atoms with Gasteiger partial charge in [-0.3, -0.25) is 9.89 Å². The SMILES string of the molecule is CC(C#N)NC(=O)c1cccc(-c2cc(-c3ccc(N4CCN(C)CC4)c(Cl)c3)[nH]n2)c1. The number of hydrogen-bond acceptors (Lipinski definition) is 5. The third kappa shape index (κ3) is 4.77. The minimum absolute atomic E-state index is 0.289. The molecule has 1 saturated heterocycles. The summed E-state index contributed by atoms with van der Waals surface area (Å²) in [7, 11) is 2.13. The lowest BCUT2D eigenvalue weighted by molar-refractivity contribution is 0.0948. The zero-order valence-corrected chi connectivity index (χ0v) is 18.9. The van der Waals surface area contributed by atoms with Crippen LogP contribution in [0.1, 0.15) is 17.3 Å². The Balaban J connectivity index is 1.53. The number of anilines is 1. The van der Waals surface area contributed by atoms with Gasteiger partial charge in [0.05, 0.1) is 28.2 Å². The first-order valence-corrected chi connectivity index (χ1v) is 10.9. The second-order valence-electron chi connectivity index (χ2n) is 8.03. The van der Waals surface area contributed by atoms with Crippen LogP contribution in [0.25, 0.3) is 22.5 Å². The van der Waals surface area contributed by atoms with Crippen LogP contribution >= 0.6 is 11.6 Å². The number of aromatic nitrogens is 2. The van der Waals surface area contributed by atoms with E-state index < -0.39 is 6.04 Å². The molecule has 2 N–H and O–H groups in total. The Morgan fingerprint density at radius 3 is 2.66 bits per heavy atom.